The zero-order valence-electron chi connectivity index (χ0n) is 30.5. The molecule has 0 spiro atoms. The van der Waals surface area contributed by atoms with E-state index < -0.39 is 36.9 Å². The summed E-state index contributed by atoms with van der Waals surface area (Å²) in [6.45, 7) is 3.86. The number of amides is 1. The second-order valence-electron chi connectivity index (χ2n) is 13.2. The Morgan fingerprint density at radius 3 is 1.57 bits per heavy atom. The van der Waals surface area contributed by atoms with Crippen molar-refractivity contribution in [3.8, 4) is 0 Å². The summed E-state index contributed by atoms with van der Waals surface area (Å²) in [6.07, 6.45) is 41.4. The summed E-state index contributed by atoms with van der Waals surface area (Å²) >= 11 is 0. The highest BCUT2D eigenvalue weighted by Crippen LogP contribution is 2.15. The highest BCUT2D eigenvalue weighted by atomic mass is 16.3. The third-order valence-corrected chi connectivity index (χ3v) is 8.75. The summed E-state index contributed by atoms with van der Waals surface area (Å²) < 4.78 is 0. The van der Waals surface area contributed by atoms with Crippen molar-refractivity contribution in [1.82, 2.24) is 5.32 Å². The van der Waals surface area contributed by atoms with Crippen LogP contribution in [0.25, 0.3) is 0 Å². The zero-order chi connectivity index (χ0) is 34.6. The van der Waals surface area contributed by atoms with Crippen LogP contribution in [-0.4, -0.2) is 57.3 Å². The van der Waals surface area contributed by atoms with Crippen molar-refractivity contribution in [2.45, 2.75) is 199 Å². The molecule has 0 aromatic carbocycles. The molecule has 0 aromatic heterocycles. The van der Waals surface area contributed by atoms with Crippen LogP contribution in [-0.2, 0) is 4.79 Å². The largest absolute Gasteiger partial charge is 0.394 e. The lowest BCUT2D eigenvalue weighted by molar-refractivity contribution is -0.132. The number of allylic oxidation sites excluding steroid dienone is 8. The smallest absolute Gasteiger partial charge is 0.249 e. The van der Waals surface area contributed by atoms with E-state index in [1.54, 1.807) is 0 Å². The molecule has 0 heterocycles. The fourth-order valence-electron chi connectivity index (χ4n) is 5.62. The van der Waals surface area contributed by atoms with Crippen molar-refractivity contribution in [3.63, 3.8) is 0 Å². The van der Waals surface area contributed by atoms with Gasteiger partial charge in [0.2, 0.25) is 5.91 Å². The molecule has 0 saturated heterocycles. The van der Waals surface area contributed by atoms with Crippen molar-refractivity contribution in [2.75, 3.05) is 6.61 Å². The molecule has 5 N–H and O–H groups in total. The maximum Gasteiger partial charge on any atom is 0.249 e. The molecule has 0 radical (unpaired) electrons. The summed E-state index contributed by atoms with van der Waals surface area (Å²) in [6, 6.07) is -1.01. The van der Waals surface area contributed by atoms with Crippen molar-refractivity contribution < 1.29 is 25.2 Å². The highest BCUT2D eigenvalue weighted by molar-refractivity contribution is 5.80. The van der Waals surface area contributed by atoms with Gasteiger partial charge < -0.3 is 25.7 Å². The summed E-state index contributed by atoms with van der Waals surface area (Å²) in [5, 5.41) is 43.4. The summed E-state index contributed by atoms with van der Waals surface area (Å²) in [4.78, 5) is 12.4. The molecular weight excluding hydrogens is 586 g/mol. The van der Waals surface area contributed by atoms with Gasteiger partial charge in [-0.25, -0.2) is 0 Å². The minimum absolute atomic E-state index is 0.357. The van der Waals surface area contributed by atoms with E-state index in [0.29, 0.717) is 19.3 Å². The molecule has 0 aliphatic carbocycles. The first-order valence-electron chi connectivity index (χ1n) is 19.5. The first kappa shape index (κ1) is 45.3. The van der Waals surface area contributed by atoms with Gasteiger partial charge in [0.05, 0.1) is 18.8 Å². The van der Waals surface area contributed by atoms with Gasteiger partial charge in [0.15, 0.2) is 0 Å². The van der Waals surface area contributed by atoms with E-state index >= 15 is 0 Å². The average molecular weight is 662 g/mol. The Morgan fingerprint density at radius 1 is 0.553 bits per heavy atom. The van der Waals surface area contributed by atoms with Gasteiger partial charge in [0.1, 0.15) is 12.2 Å². The lowest BCUT2D eigenvalue weighted by atomic mass is 10.00. The topological polar surface area (TPSA) is 110 Å². The summed E-state index contributed by atoms with van der Waals surface area (Å²) in [7, 11) is 0. The van der Waals surface area contributed by atoms with E-state index in [4.69, 9.17) is 0 Å². The van der Waals surface area contributed by atoms with E-state index in [9.17, 15) is 25.2 Å². The van der Waals surface area contributed by atoms with Crippen LogP contribution < -0.4 is 5.32 Å². The van der Waals surface area contributed by atoms with Crippen LogP contribution in [0.4, 0.5) is 0 Å². The van der Waals surface area contributed by atoms with Crippen LogP contribution >= 0.6 is 0 Å². The van der Waals surface area contributed by atoms with Crippen molar-refractivity contribution in [1.29, 1.82) is 0 Å². The first-order valence-corrected chi connectivity index (χ1v) is 19.5. The molecule has 0 aliphatic rings. The molecule has 0 saturated carbocycles. The average Bonchev–Trinajstić information content (AvgIpc) is 3.07. The maximum absolute atomic E-state index is 12.4. The van der Waals surface area contributed by atoms with E-state index in [0.717, 1.165) is 57.8 Å². The lowest BCUT2D eigenvalue weighted by Crippen LogP contribution is -2.53. The number of hydrogen-bond acceptors (Lipinski definition) is 5. The normalized spacial score (nSPS) is 14.9. The Bertz CT molecular complexity index is 793. The van der Waals surface area contributed by atoms with Gasteiger partial charge in [-0.15, -0.1) is 0 Å². The number of carbonyl (C=O) groups excluding carboxylic acids is 1. The lowest BCUT2D eigenvalue weighted by Gasteiger charge is -2.27. The van der Waals surface area contributed by atoms with Gasteiger partial charge in [-0.1, -0.05) is 152 Å². The Morgan fingerprint density at radius 2 is 1.02 bits per heavy atom. The molecule has 0 fully saturated rings. The molecule has 6 nitrogen and oxygen atoms in total. The molecule has 1 amide bonds. The molecule has 0 aromatic rings. The number of nitrogens with one attached hydrogen (secondary N) is 1. The Labute approximate surface area is 289 Å². The Balaban J connectivity index is 3.79. The van der Waals surface area contributed by atoms with Crippen molar-refractivity contribution in [2.24, 2.45) is 0 Å². The van der Waals surface area contributed by atoms with Gasteiger partial charge in [-0.3, -0.25) is 4.79 Å². The molecular formula is C41H75NO5. The SMILES string of the molecule is CC/C=C\C/C=C\CCCCCCCCCCCCCCCC(O)C(=O)NC(CO)C(O)C(O)CCC/C=C/CC/C=C/CCCC. The number of aliphatic hydroxyl groups excluding tert-OH is 4. The number of rotatable bonds is 34. The molecule has 4 unspecified atom stereocenters. The molecule has 0 rings (SSSR count). The minimum atomic E-state index is -1.29. The van der Waals surface area contributed by atoms with Gasteiger partial charge >= 0.3 is 0 Å². The predicted octanol–water partition coefficient (Wildman–Crippen LogP) is 9.56. The van der Waals surface area contributed by atoms with Crippen molar-refractivity contribution >= 4 is 5.91 Å². The first-order chi connectivity index (χ1) is 23.0. The van der Waals surface area contributed by atoms with Gasteiger partial charge in [-0.05, 0) is 70.6 Å². The van der Waals surface area contributed by atoms with Gasteiger partial charge in [-0.2, -0.15) is 0 Å². The van der Waals surface area contributed by atoms with Crippen LogP contribution in [0.15, 0.2) is 48.6 Å². The Hall–Kier alpha value is -1.73. The second kappa shape index (κ2) is 35.6. The zero-order valence-corrected chi connectivity index (χ0v) is 30.5. The predicted molar refractivity (Wildman–Crippen MR) is 200 cm³/mol. The fourth-order valence-corrected chi connectivity index (χ4v) is 5.62. The number of unbranched alkanes of at least 4 members (excludes halogenated alkanes) is 17. The monoisotopic (exact) mass is 662 g/mol. The molecule has 6 heteroatoms. The fraction of sp³-hybridized carbons (Fsp3) is 0.780. The van der Waals surface area contributed by atoms with Crippen LogP contribution in [0.1, 0.15) is 174 Å². The summed E-state index contributed by atoms with van der Waals surface area (Å²) in [5.74, 6) is -0.603. The quantitative estimate of drug-likeness (QED) is 0.0349. The standard InChI is InChI=1S/C41H75NO5/c1-3-5-7-9-11-13-15-16-17-18-19-20-21-22-23-25-27-29-31-33-35-39(45)41(47)42-37(36-43)40(46)38(44)34-32-30-28-26-24-14-12-10-8-6-4-2/h5,7,10-13,26,28,37-40,43-46H,3-4,6,8-9,14-25,27,29-36H2,1-2H3,(H,42,47)/b7-5-,12-10+,13-11-,28-26+. The molecule has 4 atom stereocenters. The number of hydrogen-bond donors (Lipinski definition) is 5. The van der Waals surface area contributed by atoms with Crippen LogP contribution in [0, 0.1) is 0 Å². The van der Waals surface area contributed by atoms with E-state index in [2.05, 4.69) is 67.8 Å². The van der Waals surface area contributed by atoms with Crippen LogP contribution in [0.5, 0.6) is 0 Å². The van der Waals surface area contributed by atoms with E-state index in [-0.39, 0.29) is 0 Å². The van der Waals surface area contributed by atoms with Gasteiger partial charge in [0, 0.05) is 0 Å². The number of aliphatic hydroxyl groups is 4. The van der Waals surface area contributed by atoms with Crippen LogP contribution in [0.2, 0.25) is 0 Å². The van der Waals surface area contributed by atoms with Crippen molar-refractivity contribution in [3.05, 3.63) is 48.6 Å². The minimum Gasteiger partial charge on any atom is -0.394 e. The van der Waals surface area contributed by atoms with Crippen LogP contribution in [0.3, 0.4) is 0 Å². The highest BCUT2D eigenvalue weighted by Gasteiger charge is 2.28. The maximum atomic E-state index is 12.4. The third-order valence-electron chi connectivity index (χ3n) is 8.75. The summed E-state index contributed by atoms with van der Waals surface area (Å²) in [5.41, 5.74) is 0. The van der Waals surface area contributed by atoms with E-state index in [1.165, 1.54) is 83.5 Å². The number of carbonyl (C=O) groups is 1. The van der Waals surface area contributed by atoms with Gasteiger partial charge in [0.25, 0.3) is 0 Å². The molecule has 274 valence electrons. The third kappa shape index (κ3) is 30.1. The Kier molecular flexibility index (Phi) is 34.3. The molecule has 0 bridgehead atoms. The second-order valence-corrected chi connectivity index (χ2v) is 13.2. The van der Waals surface area contributed by atoms with E-state index in [1.807, 2.05) is 0 Å². The molecule has 47 heavy (non-hydrogen) atoms. The molecule has 0 aliphatic heterocycles.